The minimum atomic E-state index is -0.327. The highest BCUT2D eigenvalue weighted by atomic mass is 16.2. The third-order valence-electron chi connectivity index (χ3n) is 4.41. The number of carbonyl (C=O) groups excluding carboxylic acids is 1. The zero-order chi connectivity index (χ0) is 12.5. The molecule has 4 heteroatoms. The second-order valence-corrected chi connectivity index (χ2v) is 5.89. The van der Waals surface area contributed by atoms with Crippen molar-refractivity contribution in [1.82, 2.24) is 15.5 Å². The summed E-state index contributed by atoms with van der Waals surface area (Å²) in [5.41, 5.74) is -0.327. The highest BCUT2D eigenvalue weighted by molar-refractivity contribution is 5.86. The Balaban J connectivity index is 1.86. The van der Waals surface area contributed by atoms with E-state index in [0.29, 0.717) is 12.1 Å². The van der Waals surface area contributed by atoms with E-state index in [-0.39, 0.29) is 11.4 Å². The largest absolute Gasteiger partial charge is 0.352 e. The fourth-order valence-corrected chi connectivity index (χ4v) is 2.85. The van der Waals surface area contributed by atoms with E-state index in [2.05, 4.69) is 29.5 Å². The average molecular weight is 239 g/mol. The summed E-state index contributed by atoms with van der Waals surface area (Å²) in [7, 11) is 2.16. The molecule has 2 fully saturated rings. The van der Waals surface area contributed by atoms with Crippen LogP contribution in [0.2, 0.25) is 0 Å². The lowest BCUT2D eigenvalue weighted by Crippen LogP contribution is -2.56. The molecule has 1 amide bonds. The molecule has 0 bridgehead atoms. The summed E-state index contributed by atoms with van der Waals surface area (Å²) in [5.74, 6) is 0.191. The Morgan fingerprint density at radius 1 is 1.53 bits per heavy atom. The number of amides is 1. The lowest BCUT2D eigenvalue weighted by molar-refractivity contribution is -0.127. The normalized spacial score (nSPS) is 39.2. The van der Waals surface area contributed by atoms with Crippen molar-refractivity contribution in [3.8, 4) is 0 Å². The number of likely N-dealkylation sites (tertiary alicyclic amines) is 1. The molecule has 4 nitrogen and oxygen atoms in total. The summed E-state index contributed by atoms with van der Waals surface area (Å²) < 4.78 is 0. The summed E-state index contributed by atoms with van der Waals surface area (Å²) in [6.45, 7) is 6.30. The molecule has 2 aliphatic rings. The number of hydrogen-bond donors (Lipinski definition) is 2. The molecule has 0 aromatic carbocycles. The monoisotopic (exact) mass is 239 g/mol. The summed E-state index contributed by atoms with van der Waals surface area (Å²) >= 11 is 0. The molecule has 0 aromatic heterocycles. The van der Waals surface area contributed by atoms with Gasteiger partial charge in [-0.2, -0.15) is 0 Å². The van der Waals surface area contributed by atoms with E-state index in [1.807, 2.05) is 6.92 Å². The minimum absolute atomic E-state index is 0.191. The molecule has 0 aliphatic carbocycles. The first-order chi connectivity index (χ1) is 8.01. The van der Waals surface area contributed by atoms with Crippen LogP contribution in [-0.4, -0.2) is 48.6 Å². The van der Waals surface area contributed by atoms with Gasteiger partial charge in [-0.05, 0) is 53.1 Å². The topological polar surface area (TPSA) is 44.4 Å². The highest BCUT2D eigenvalue weighted by Crippen LogP contribution is 2.21. The minimum Gasteiger partial charge on any atom is -0.352 e. The predicted octanol–water partition coefficient (Wildman–Crippen LogP) is 0.727. The van der Waals surface area contributed by atoms with Gasteiger partial charge in [0.25, 0.3) is 0 Å². The van der Waals surface area contributed by atoms with Crippen LogP contribution in [0.4, 0.5) is 0 Å². The van der Waals surface area contributed by atoms with E-state index in [0.717, 1.165) is 38.8 Å². The van der Waals surface area contributed by atoms with E-state index in [1.54, 1.807) is 0 Å². The number of carbonyl (C=O) groups is 1. The Kier molecular flexibility index (Phi) is 3.73. The fourth-order valence-electron chi connectivity index (χ4n) is 2.85. The van der Waals surface area contributed by atoms with Gasteiger partial charge in [-0.25, -0.2) is 0 Å². The first kappa shape index (κ1) is 12.8. The molecule has 2 heterocycles. The van der Waals surface area contributed by atoms with Gasteiger partial charge in [-0.1, -0.05) is 0 Å². The number of piperidine rings is 1. The van der Waals surface area contributed by atoms with Crippen molar-refractivity contribution in [3.05, 3.63) is 0 Å². The Hall–Kier alpha value is -0.610. The molecule has 17 heavy (non-hydrogen) atoms. The van der Waals surface area contributed by atoms with Crippen LogP contribution in [0.25, 0.3) is 0 Å². The van der Waals surface area contributed by atoms with Gasteiger partial charge in [0.05, 0.1) is 5.54 Å². The van der Waals surface area contributed by atoms with Crippen molar-refractivity contribution in [2.45, 2.75) is 57.2 Å². The Labute approximate surface area is 104 Å². The molecular weight excluding hydrogens is 214 g/mol. The van der Waals surface area contributed by atoms with E-state index in [9.17, 15) is 4.79 Å². The molecule has 0 aromatic rings. The Morgan fingerprint density at radius 2 is 2.29 bits per heavy atom. The van der Waals surface area contributed by atoms with E-state index in [4.69, 9.17) is 0 Å². The van der Waals surface area contributed by atoms with E-state index >= 15 is 0 Å². The third-order valence-corrected chi connectivity index (χ3v) is 4.41. The van der Waals surface area contributed by atoms with Crippen LogP contribution in [0.3, 0.4) is 0 Å². The van der Waals surface area contributed by atoms with Crippen LogP contribution < -0.4 is 10.6 Å². The first-order valence-electron chi connectivity index (χ1n) is 6.77. The number of nitrogens with one attached hydrogen (secondary N) is 2. The second-order valence-electron chi connectivity index (χ2n) is 5.89. The fraction of sp³-hybridized carbons (Fsp3) is 0.923. The van der Waals surface area contributed by atoms with Crippen LogP contribution >= 0.6 is 0 Å². The zero-order valence-electron chi connectivity index (χ0n) is 11.3. The third kappa shape index (κ3) is 2.80. The first-order valence-corrected chi connectivity index (χ1v) is 6.77. The lowest BCUT2D eigenvalue weighted by Gasteiger charge is -2.36. The van der Waals surface area contributed by atoms with Crippen LogP contribution in [-0.2, 0) is 4.79 Å². The number of hydrogen-bond acceptors (Lipinski definition) is 3. The van der Waals surface area contributed by atoms with Gasteiger partial charge in [0, 0.05) is 18.6 Å². The van der Waals surface area contributed by atoms with E-state index < -0.39 is 0 Å². The van der Waals surface area contributed by atoms with Crippen molar-refractivity contribution in [2.24, 2.45) is 0 Å². The lowest BCUT2D eigenvalue weighted by atomic mass is 9.95. The van der Waals surface area contributed by atoms with Gasteiger partial charge >= 0.3 is 0 Å². The van der Waals surface area contributed by atoms with Crippen LogP contribution in [0.5, 0.6) is 0 Å². The molecule has 2 rings (SSSR count). The van der Waals surface area contributed by atoms with Crippen molar-refractivity contribution in [2.75, 3.05) is 20.1 Å². The standard InChI is InChI=1S/C13H25N3O/c1-10-9-11(5-8-16(10)3)15-12(17)13(2)6-4-7-14-13/h10-11,14H,4-9H2,1-3H3,(H,15,17). The molecule has 98 valence electrons. The van der Waals surface area contributed by atoms with Crippen LogP contribution in [0.15, 0.2) is 0 Å². The molecule has 0 spiro atoms. The molecule has 0 radical (unpaired) electrons. The maximum atomic E-state index is 12.2. The Morgan fingerprint density at radius 3 is 2.88 bits per heavy atom. The van der Waals surface area contributed by atoms with Crippen LogP contribution in [0, 0.1) is 0 Å². The van der Waals surface area contributed by atoms with Gasteiger partial charge in [0.1, 0.15) is 0 Å². The summed E-state index contributed by atoms with van der Waals surface area (Å²) in [6.07, 6.45) is 4.20. The van der Waals surface area contributed by atoms with E-state index in [1.165, 1.54) is 0 Å². The van der Waals surface area contributed by atoms with Crippen LogP contribution in [0.1, 0.15) is 39.5 Å². The number of nitrogens with zero attached hydrogens (tertiary/aromatic N) is 1. The summed E-state index contributed by atoms with van der Waals surface area (Å²) in [6, 6.07) is 0.923. The smallest absolute Gasteiger partial charge is 0.240 e. The van der Waals surface area contributed by atoms with Gasteiger partial charge in [0.2, 0.25) is 5.91 Å². The second kappa shape index (κ2) is 4.94. The van der Waals surface area contributed by atoms with Gasteiger partial charge in [-0.3, -0.25) is 4.79 Å². The SMILES string of the molecule is CC1CC(NC(=O)C2(C)CCCN2)CCN1C. The van der Waals surface area contributed by atoms with Crippen molar-refractivity contribution < 1.29 is 4.79 Å². The van der Waals surface area contributed by atoms with Crippen molar-refractivity contribution in [1.29, 1.82) is 0 Å². The predicted molar refractivity (Wildman–Crippen MR) is 68.9 cm³/mol. The maximum Gasteiger partial charge on any atom is 0.240 e. The number of rotatable bonds is 2. The van der Waals surface area contributed by atoms with Gasteiger partial charge in [-0.15, -0.1) is 0 Å². The van der Waals surface area contributed by atoms with Crippen molar-refractivity contribution >= 4 is 5.91 Å². The summed E-state index contributed by atoms with van der Waals surface area (Å²) in [5, 5.41) is 6.54. The average Bonchev–Trinajstić information content (AvgIpc) is 2.72. The zero-order valence-corrected chi connectivity index (χ0v) is 11.3. The van der Waals surface area contributed by atoms with Gasteiger partial charge < -0.3 is 15.5 Å². The van der Waals surface area contributed by atoms with Gasteiger partial charge in [0.15, 0.2) is 0 Å². The molecule has 3 unspecified atom stereocenters. The maximum absolute atomic E-state index is 12.2. The molecule has 0 saturated carbocycles. The molecular formula is C13H25N3O. The Bertz CT molecular complexity index is 286. The molecule has 2 aliphatic heterocycles. The molecule has 3 atom stereocenters. The highest BCUT2D eigenvalue weighted by Gasteiger charge is 2.37. The summed E-state index contributed by atoms with van der Waals surface area (Å²) in [4.78, 5) is 14.6. The quantitative estimate of drug-likeness (QED) is 0.746. The van der Waals surface area contributed by atoms with Crippen molar-refractivity contribution in [3.63, 3.8) is 0 Å². The molecule has 2 N–H and O–H groups in total. The molecule has 2 saturated heterocycles.